The van der Waals surface area contributed by atoms with Gasteiger partial charge < -0.3 is 19.3 Å². The molecule has 1 aromatic rings. The molecule has 2 atom stereocenters. The average molecular weight is 349 g/mol. The van der Waals surface area contributed by atoms with Crippen molar-refractivity contribution in [1.82, 2.24) is 0 Å². The van der Waals surface area contributed by atoms with Crippen molar-refractivity contribution < 1.29 is 28.9 Å². The number of benzene rings is 1. The van der Waals surface area contributed by atoms with Crippen molar-refractivity contribution in [3.05, 3.63) is 54.6 Å². The van der Waals surface area contributed by atoms with Crippen LogP contribution in [-0.2, 0) is 19.0 Å². The van der Waals surface area contributed by atoms with E-state index in [0.29, 0.717) is 11.3 Å². The number of hydrogen-bond donors (Lipinski definition) is 2. The van der Waals surface area contributed by atoms with Gasteiger partial charge in [0.15, 0.2) is 12.4 Å². The van der Waals surface area contributed by atoms with Gasteiger partial charge in [-0.1, -0.05) is 31.4 Å². The van der Waals surface area contributed by atoms with Gasteiger partial charge in [-0.25, -0.2) is 9.59 Å². The molecule has 2 unspecified atom stereocenters. The Morgan fingerprint density at radius 2 is 1.80 bits per heavy atom. The number of carbonyl (C=O) groups is 2. The number of ether oxygens (including phenoxy) is 3. The summed E-state index contributed by atoms with van der Waals surface area (Å²) < 4.78 is 15.3. The number of carbonyl (C=O) groups excluding carboxylic acids is 2. The van der Waals surface area contributed by atoms with Crippen LogP contribution in [0.2, 0.25) is 0 Å². The minimum absolute atomic E-state index is 0.181. The molecule has 0 aliphatic carbocycles. The zero-order valence-electron chi connectivity index (χ0n) is 14.4. The van der Waals surface area contributed by atoms with Gasteiger partial charge in [0.2, 0.25) is 0 Å². The molecule has 1 rings (SSSR count). The third-order valence-corrected chi connectivity index (χ3v) is 2.90. The Balaban J connectivity index is 2.61. The molecule has 0 heterocycles. The third-order valence-electron chi connectivity index (χ3n) is 2.90. The largest absolute Gasteiger partial charge is 0.458 e. The van der Waals surface area contributed by atoms with E-state index in [1.165, 1.54) is 6.92 Å². The summed E-state index contributed by atoms with van der Waals surface area (Å²) in [5, 5.41) is 12.1. The van der Waals surface area contributed by atoms with Gasteiger partial charge in [0.1, 0.15) is 6.61 Å². The first-order valence-corrected chi connectivity index (χ1v) is 7.60. The van der Waals surface area contributed by atoms with E-state index in [4.69, 9.17) is 14.2 Å². The third kappa shape index (κ3) is 8.14. The van der Waals surface area contributed by atoms with E-state index in [1.54, 1.807) is 31.2 Å². The number of hydrogen-bond acceptors (Lipinski definition) is 6. The topological polar surface area (TPSA) is 94.1 Å². The molecule has 7 heteroatoms. The normalized spacial score (nSPS) is 12.6. The van der Waals surface area contributed by atoms with Gasteiger partial charge in [0.25, 0.3) is 0 Å². The second-order valence-electron chi connectivity index (χ2n) is 5.43. The fourth-order valence-corrected chi connectivity index (χ4v) is 1.57. The molecule has 2 N–H and O–H groups in total. The van der Waals surface area contributed by atoms with Gasteiger partial charge in [-0.15, -0.1) is 0 Å². The lowest BCUT2D eigenvalue weighted by molar-refractivity contribution is -0.146. The number of amides is 1. The highest BCUT2D eigenvalue weighted by atomic mass is 16.6. The van der Waals surface area contributed by atoms with Crippen LogP contribution in [0.3, 0.4) is 0 Å². The van der Waals surface area contributed by atoms with Gasteiger partial charge in [0.05, 0.1) is 6.61 Å². The summed E-state index contributed by atoms with van der Waals surface area (Å²) in [6.07, 6.45) is -2.86. The van der Waals surface area contributed by atoms with E-state index in [-0.39, 0.29) is 18.8 Å². The van der Waals surface area contributed by atoms with Crippen molar-refractivity contribution in [1.29, 1.82) is 0 Å². The first-order chi connectivity index (χ1) is 11.8. The quantitative estimate of drug-likeness (QED) is 0.308. The Morgan fingerprint density at radius 3 is 2.36 bits per heavy atom. The molecule has 136 valence electrons. The molecular formula is C18H23NO6. The number of rotatable bonds is 9. The highest BCUT2D eigenvalue weighted by Crippen LogP contribution is 2.08. The van der Waals surface area contributed by atoms with Crippen molar-refractivity contribution in [3.8, 4) is 0 Å². The second kappa shape index (κ2) is 10.3. The highest BCUT2D eigenvalue weighted by molar-refractivity contribution is 5.87. The van der Waals surface area contributed by atoms with E-state index in [0.717, 1.165) is 0 Å². The lowest BCUT2D eigenvalue weighted by Crippen LogP contribution is -2.33. The fraction of sp³-hybridized carbons (Fsp3) is 0.333. The maximum atomic E-state index is 12.0. The van der Waals surface area contributed by atoms with Crippen LogP contribution >= 0.6 is 0 Å². The SMILES string of the molecule is C=C(C)C(=O)OCC(COC(O)C(=C)C)OC(=O)Nc1ccccc1. The van der Waals surface area contributed by atoms with Crippen molar-refractivity contribution in [2.75, 3.05) is 18.5 Å². The Labute approximate surface area is 146 Å². The molecule has 0 aliphatic heterocycles. The van der Waals surface area contributed by atoms with E-state index in [2.05, 4.69) is 18.5 Å². The monoisotopic (exact) mass is 349 g/mol. The van der Waals surface area contributed by atoms with Crippen LogP contribution in [0.4, 0.5) is 10.5 Å². The van der Waals surface area contributed by atoms with E-state index >= 15 is 0 Å². The van der Waals surface area contributed by atoms with E-state index in [1.807, 2.05) is 6.07 Å². The zero-order valence-corrected chi connectivity index (χ0v) is 14.4. The highest BCUT2D eigenvalue weighted by Gasteiger charge is 2.20. The molecule has 0 fully saturated rings. The van der Waals surface area contributed by atoms with Crippen molar-refractivity contribution in [2.45, 2.75) is 26.2 Å². The summed E-state index contributed by atoms with van der Waals surface area (Å²) in [4.78, 5) is 23.4. The van der Waals surface area contributed by atoms with Crippen LogP contribution in [0, 0.1) is 0 Å². The van der Waals surface area contributed by atoms with Crippen molar-refractivity contribution in [2.24, 2.45) is 0 Å². The van der Waals surface area contributed by atoms with Crippen LogP contribution in [-0.4, -0.2) is 42.8 Å². The summed E-state index contributed by atoms with van der Waals surface area (Å²) in [6, 6.07) is 8.71. The first kappa shape index (κ1) is 20.4. The maximum absolute atomic E-state index is 12.0. The molecule has 0 bridgehead atoms. The van der Waals surface area contributed by atoms with Crippen LogP contribution in [0.5, 0.6) is 0 Å². The summed E-state index contributed by atoms with van der Waals surface area (Å²) in [7, 11) is 0. The summed E-state index contributed by atoms with van der Waals surface area (Å²) in [6.45, 7) is 9.69. The predicted molar refractivity (Wildman–Crippen MR) is 92.9 cm³/mol. The fourth-order valence-electron chi connectivity index (χ4n) is 1.57. The van der Waals surface area contributed by atoms with E-state index < -0.39 is 24.5 Å². The number of esters is 1. The number of para-hydroxylation sites is 1. The van der Waals surface area contributed by atoms with Gasteiger partial charge in [-0.3, -0.25) is 5.32 Å². The summed E-state index contributed by atoms with van der Waals surface area (Å²) >= 11 is 0. The van der Waals surface area contributed by atoms with E-state index in [9.17, 15) is 14.7 Å². The average Bonchev–Trinajstić information content (AvgIpc) is 2.57. The molecular weight excluding hydrogens is 326 g/mol. The lowest BCUT2D eigenvalue weighted by atomic mass is 10.3. The van der Waals surface area contributed by atoms with Crippen LogP contribution < -0.4 is 5.32 Å². The maximum Gasteiger partial charge on any atom is 0.412 e. The van der Waals surface area contributed by atoms with Gasteiger partial charge in [0, 0.05) is 11.3 Å². The van der Waals surface area contributed by atoms with Crippen LogP contribution in [0.1, 0.15) is 13.8 Å². The number of aliphatic hydroxyl groups is 1. The standard InChI is InChI=1S/C18H23NO6/c1-12(2)16(20)23-10-15(11-24-17(21)13(3)4)25-18(22)19-14-8-6-5-7-9-14/h5-9,15-16,20H,1,3,10-11H2,2,4H3,(H,19,22). The van der Waals surface area contributed by atoms with Crippen LogP contribution in [0.25, 0.3) is 0 Å². The Hall–Kier alpha value is -2.64. The lowest BCUT2D eigenvalue weighted by Gasteiger charge is -2.20. The van der Waals surface area contributed by atoms with Gasteiger partial charge in [-0.05, 0) is 31.6 Å². The second-order valence-corrected chi connectivity index (χ2v) is 5.43. The smallest absolute Gasteiger partial charge is 0.412 e. The van der Waals surface area contributed by atoms with Gasteiger partial charge >= 0.3 is 12.1 Å². The molecule has 0 saturated carbocycles. The number of nitrogens with one attached hydrogen (secondary N) is 1. The Bertz CT molecular complexity index is 613. The molecule has 0 aromatic heterocycles. The Kier molecular flexibility index (Phi) is 8.38. The minimum Gasteiger partial charge on any atom is -0.458 e. The predicted octanol–water partition coefficient (Wildman–Crippen LogP) is 2.63. The molecule has 0 saturated heterocycles. The number of aliphatic hydroxyl groups excluding tert-OH is 1. The first-order valence-electron chi connectivity index (χ1n) is 7.60. The Morgan fingerprint density at radius 1 is 1.16 bits per heavy atom. The minimum atomic E-state index is -1.21. The number of anilines is 1. The zero-order chi connectivity index (χ0) is 18.8. The molecule has 0 spiro atoms. The molecule has 1 amide bonds. The van der Waals surface area contributed by atoms with Gasteiger partial charge in [-0.2, -0.15) is 0 Å². The summed E-state index contributed by atoms with van der Waals surface area (Å²) in [5.41, 5.74) is 1.16. The molecule has 0 radical (unpaired) electrons. The summed E-state index contributed by atoms with van der Waals surface area (Å²) in [5.74, 6) is -0.613. The molecule has 7 nitrogen and oxygen atoms in total. The molecule has 25 heavy (non-hydrogen) atoms. The molecule has 1 aromatic carbocycles. The van der Waals surface area contributed by atoms with Crippen molar-refractivity contribution in [3.63, 3.8) is 0 Å². The molecule has 0 aliphatic rings. The van der Waals surface area contributed by atoms with Crippen molar-refractivity contribution >= 4 is 17.7 Å². The van der Waals surface area contributed by atoms with Crippen LogP contribution in [0.15, 0.2) is 54.6 Å².